The molecule has 1 aromatic carbocycles. The Kier molecular flexibility index (Phi) is 5.47. The second-order valence-corrected chi connectivity index (χ2v) is 5.80. The van der Waals surface area contributed by atoms with Gasteiger partial charge in [0.2, 0.25) is 5.91 Å². The van der Waals surface area contributed by atoms with Crippen LogP contribution in [0, 0.1) is 5.82 Å². The molecule has 0 spiro atoms. The Labute approximate surface area is 127 Å². The van der Waals surface area contributed by atoms with Crippen molar-refractivity contribution in [3.05, 3.63) is 58.0 Å². The van der Waals surface area contributed by atoms with E-state index >= 15 is 0 Å². The summed E-state index contributed by atoms with van der Waals surface area (Å²) in [5.41, 5.74) is 0.411. The summed E-state index contributed by atoms with van der Waals surface area (Å²) in [6, 6.07) is 9.55. The van der Waals surface area contributed by atoms with Crippen LogP contribution in [0.3, 0.4) is 0 Å². The number of nitrogens with one attached hydrogen (secondary N) is 1. The van der Waals surface area contributed by atoms with Crippen LogP contribution in [-0.2, 0) is 4.79 Å². The maximum absolute atomic E-state index is 13.1. The van der Waals surface area contributed by atoms with Crippen LogP contribution in [0.4, 0.5) is 4.39 Å². The van der Waals surface area contributed by atoms with Gasteiger partial charge in [-0.2, -0.15) is 0 Å². The highest BCUT2D eigenvalue weighted by molar-refractivity contribution is 7.10. The van der Waals surface area contributed by atoms with Crippen LogP contribution in [0.25, 0.3) is 0 Å². The molecule has 0 saturated heterocycles. The van der Waals surface area contributed by atoms with E-state index in [9.17, 15) is 14.3 Å². The van der Waals surface area contributed by atoms with E-state index in [-0.39, 0.29) is 18.4 Å². The molecule has 0 aliphatic rings. The number of hydrogen-bond donors (Lipinski definition) is 2. The van der Waals surface area contributed by atoms with E-state index in [1.807, 2.05) is 24.4 Å². The van der Waals surface area contributed by atoms with Gasteiger partial charge in [-0.05, 0) is 35.6 Å². The van der Waals surface area contributed by atoms with Crippen LogP contribution in [0.15, 0.2) is 41.8 Å². The van der Waals surface area contributed by atoms with Gasteiger partial charge in [-0.1, -0.05) is 25.1 Å². The zero-order valence-corrected chi connectivity index (χ0v) is 12.6. The van der Waals surface area contributed by atoms with Crippen molar-refractivity contribution in [2.75, 3.05) is 0 Å². The van der Waals surface area contributed by atoms with Gasteiger partial charge in [-0.15, -0.1) is 11.3 Å². The lowest BCUT2D eigenvalue weighted by Crippen LogP contribution is -2.28. The summed E-state index contributed by atoms with van der Waals surface area (Å²) < 4.78 is 13.1. The molecular weight excluding hydrogens is 289 g/mol. The molecule has 0 fully saturated rings. The van der Waals surface area contributed by atoms with Crippen LogP contribution in [0.1, 0.15) is 42.4 Å². The smallest absolute Gasteiger partial charge is 0.223 e. The van der Waals surface area contributed by atoms with Crippen molar-refractivity contribution in [2.45, 2.75) is 31.9 Å². The minimum atomic E-state index is -0.999. The van der Waals surface area contributed by atoms with Gasteiger partial charge in [0.1, 0.15) is 5.82 Å². The third-order valence-corrected chi connectivity index (χ3v) is 4.23. The maximum atomic E-state index is 13.1. The van der Waals surface area contributed by atoms with Crippen LogP contribution in [-0.4, -0.2) is 11.0 Å². The normalized spacial score (nSPS) is 13.7. The number of amides is 1. The fourth-order valence-electron chi connectivity index (χ4n) is 2.12. The topological polar surface area (TPSA) is 49.3 Å². The highest BCUT2D eigenvalue weighted by atomic mass is 32.1. The molecule has 2 aromatic rings. The minimum absolute atomic E-state index is 0.0443. The summed E-state index contributed by atoms with van der Waals surface area (Å²) in [6.45, 7) is 1.99. The quantitative estimate of drug-likeness (QED) is 0.857. The lowest BCUT2D eigenvalue weighted by Gasteiger charge is -2.17. The number of thiophene rings is 1. The molecule has 0 saturated carbocycles. The molecule has 5 heteroatoms. The van der Waals surface area contributed by atoms with E-state index in [1.165, 1.54) is 18.2 Å². The van der Waals surface area contributed by atoms with E-state index in [1.54, 1.807) is 17.4 Å². The van der Waals surface area contributed by atoms with Crippen molar-refractivity contribution in [1.29, 1.82) is 0 Å². The summed E-state index contributed by atoms with van der Waals surface area (Å²) in [6.07, 6.45) is -0.297. The van der Waals surface area contributed by atoms with Gasteiger partial charge in [-0.3, -0.25) is 4.79 Å². The zero-order valence-electron chi connectivity index (χ0n) is 11.8. The first-order valence-electron chi connectivity index (χ1n) is 6.86. The predicted molar refractivity (Wildman–Crippen MR) is 81.5 cm³/mol. The second-order valence-electron chi connectivity index (χ2n) is 4.82. The standard InChI is InChI=1S/C16H18FNO2S/c1-2-13(15-7-4-8-21-15)18-16(20)10-14(19)11-5-3-6-12(17)9-11/h3-9,13-14,19H,2,10H2,1H3,(H,18,20). The number of aliphatic hydroxyl groups excluding tert-OH is 1. The van der Waals surface area contributed by atoms with Crippen molar-refractivity contribution in [3.8, 4) is 0 Å². The molecule has 1 amide bonds. The van der Waals surface area contributed by atoms with Crippen molar-refractivity contribution >= 4 is 17.2 Å². The molecule has 0 radical (unpaired) electrons. The number of rotatable bonds is 6. The summed E-state index contributed by atoms with van der Waals surface area (Å²) in [4.78, 5) is 13.1. The van der Waals surface area contributed by atoms with Crippen molar-refractivity contribution in [1.82, 2.24) is 5.32 Å². The fourth-order valence-corrected chi connectivity index (χ4v) is 2.99. The third kappa shape index (κ3) is 4.37. The van der Waals surface area contributed by atoms with Gasteiger partial charge in [0.25, 0.3) is 0 Å². The lowest BCUT2D eigenvalue weighted by atomic mass is 10.1. The van der Waals surface area contributed by atoms with Crippen LogP contribution >= 0.6 is 11.3 Å². The maximum Gasteiger partial charge on any atom is 0.223 e. The largest absolute Gasteiger partial charge is 0.388 e. The Bertz CT molecular complexity index is 586. The minimum Gasteiger partial charge on any atom is -0.388 e. The third-order valence-electron chi connectivity index (χ3n) is 3.24. The number of carbonyl (C=O) groups is 1. The molecule has 0 aliphatic carbocycles. The first-order chi connectivity index (χ1) is 10.1. The highest BCUT2D eigenvalue weighted by Crippen LogP contribution is 2.23. The van der Waals surface area contributed by atoms with Crippen molar-refractivity contribution in [2.24, 2.45) is 0 Å². The molecule has 0 aliphatic heterocycles. The number of carbonyl (C=O) groups excluding carboxylic acids is 1. The molecule has 2 rings (SSSR count). The SMILES string of the molecule is CCC(NC(=O)CC(O)c1cccc(F)c1)c1cccs1. The van der Waals surface area contributed by atoms with Gasteiger partial charge in [0.05, 0.1) is 18.6 Å². The lowest BCUT2D eigenvalue weighted by molar-refractivity contribution is -0.123. The molecule has 1 heterocycles. The first kappa shape index (κ1) is 15.7. The van der Waals surface area contributed by atoms with Crippen LogP contribution in [0.5, 0.6) is 0 Å². The number of halogens is 1. The highest BCUT2D eigenvalue weighted by Gasteiger charge is 2.17. The summed E-state index contributed by atoms with van der Waals surface area (Å²) in [5, 5.41) is 14.9. The zero-order chi connectivity index (χ0) is 15.2. The van der Waals surface area contributed by atoms with Crippen molar-refractivity contribution < 1.29 is 14.3 Å². The Balaban J connectivity index is 1.95. The summed E-state index contributed by atoms with van der Waals surface area (Å²) in [7, 11) is 0. The van der Waals surface area contributed by atoms with Crippen LogP contribution < -0.4 is 5.32 Å². The summed E-state index contributed by atoms with van der Waals surface area (Å²) in [5.74, 6) is -0.663. The Morgan fingerprint density at radius 3 is 2.81 bits per heavy atom. The Morgan fingerprint density at radius 2 is 2.19 bits per heavy atom. The number of aliphatic hydroxyl groups is 1. The van der Waals surface area contributed by atoms with E-state index in [0.717, 1.165) is 11.3 Å². The van der Waals surface area contributed by atoms with Crippen molar-refractivity contribution in [3.63, 3.8) is 0 Å². The molecule has 2 N–H and O–H groups in total. The fraction of sp³-hybridized carbons (Fsp3) is 0.312. The number of benzene rings is 1. The molecular formula is C16H18FNO2S. The van der Waals surface area contributed by atoms with Gasteiger partial charge in [0, 0.05) is 4.88 Å². The average molecular weight is 307 g/mol. The molecule has 2 atom stereocenters. The monoisotopic (exact) mass is 307 g/mol. The van der Waals surface area contributed by atoms with Gasteiger partial charge >= 0.3 is 0 Å². The summed E-state index contributed by atoms with van der Waals surface area (Å²) >= 11 is 1.59. The van der Waals surface area contributed by atoms with E-state index in [4.69, 9.17) is 0 Å². The van der Waals surface area contributed by atoms with E-state index in [0.29, 0.717) is 5.56 Å². The molecule has 21 heavy (non-hydrogen) atoms. The molecule has 3 nitrogen and oxygen atoms in total. The average Bonchev–Trinajstić information content (AvgIpc) is 2.98. The molecule has 1 aromatic heterocycles. The predicted octanol–water partition coefficient (Wildman–Crippen LogP) is 3.58. The number of hydrogen-bond acceptors (Lipinski definition) is 3. The second kappa shape index (κ2) is 7.33. The van der Waals surface area contributed by atoms with Crippen LogP contribution in [0.2, 0.25) is 0 Å². The Morgan fingerprint density at radius 1 is 1.38 bits per heavy atom. The van der Waals surface area contributed by atoms with Gasteiger partial charge < -0.3 is 10.4 Å². The van der Waals surface area contributed by atoms with Gasteiger partial charge in [0.15, 0.2) is 0 Å². The van der Waals surface area contributed by atoms with E-state index < -0.39 is 11.9 Å². The van der Waals surface area contributed by atoms with E-state index in [2.05, 4.69) is 5.32 Å². The Hall–Kier alpha value is -1.72. The molecule has 2 unspecified atom stereocenters. The van der Waals surface area contributed by atoms with Gasteiger partial charge in [-0.25, -0.2) is 4.39 Å². The first-order valence-corrected chi connectivity index (χ1v) is 7.74. The molecule has 112 valence electrons. The molecule has 0 bridgehead atoms.